The number of aromatic nitrogens is 1. The molecule has 3 rings (SSSR count). The number of benzene rings is 1. The third kappa shape index (κ3) is 7.24. The molecule has 0 aliphatic carbocycles. The Labute approximate surface area is 199 Å². The number of nitrogens with one attached hydrogen (secondary N) is 2. The zero-order valence-electron chi connectivity index (χ0n) is 18.0. The number of rotatable bonds is 10. The van der Waals surface area contributed by atoms with Crippen LogP contribution in [-0.4, -0.2) is 47.4 Å². The molecule has 1 fully saturated rings. The van der Waals surface area contributed by atoms with Gasteiger partial charge in [0.05, 0.1) is 5.56 Å². The number of hydrogen-bond donors (Lipinski definition) is 3. The van der Waals surface area contributed by atoms with E-state index < -0.39 is 30.2 Å². The second-order valence-corrected chi connectivity index (χ2v) is 8.89. The lowest BCUT2D eigenvalue weighted by Crippen LogP contribution is -2.32. The molecule has 1 aromatic heterocycles. The summed E-state index contributed by atoms with van der Waals surface area (Å²) in [4.78, 5) is 26.5. The number of carbonyl (C=O) groups is 2. The van der Waals surface area contributed by atoms with Gasteiger partial charge in [0, 0.05) is 11.6 Å². The van der Waals surface area contributed by atoms with Crippen LogP contribution >= 0.6 is 23.1 Å². The fourth-order valence-corrected chi connectivity index (χ4v) is 4.45. The number of primary amides is 1. The molecule has 1 aliphatic rings. The summed E-state index contributed by atoms with van der Waals surface area (Å²) in [7, 11) is 0. The van der Waals surface area contributed by atoms with Crippen LogP contribution in [-0.2, 0) is 6.61 Å². The van der Waals surface area contributed by atoms with E-state index in [9.17, 15) is 18.4 Å². The number of hydrogen-bond acceptors (Lipinski definition) is 6. The van der Waals surface area contributed by atoms with Crippen molar-refractivity contribution in [3.8, 4) is 5.88 Å². The average molecular weight is 502 g/mol. The van der Waals surface area contributed by atoms with Crippen molar-refractivity contribution in [2.45, 2.75) is 38.7 Å². The first kappa shape index (κ1) is 25.1. The molecule has 2 aromatic rings. The largest absolute Gasteiger partial charge is 0.471 e. The van der Waals surface area contributed by atoms with Gasteiger partial charge in [-0.15, -0.1) is 0 Å². The third-order valence-corrected chi connectivity index (χ3v) is 6.19. The number of nitrogens with two attached hydrogens (primary N) is 1. The molecule has 33 heavy (non-hydrogen) atoms. The number of likely N-dealkylation sites (tertiary alicyclic amines) is 1. The van der Waals surface area contributed by atoms with Gasteiger partial charge < -0.3 is 20.7 Å². The van der Waals surface area contributed by atoms with Gasteiger partial charge >= 0.3 is 6.03 Å². The minimum atomic E-state index is -0.896. The number of carbonyl (C=O) groups excluding carboxylic acids is 2. The first-order valence-electron chi connectivity index (χ1n) is 10.7. The summed E-state index contributed by atoms with van der Waals surface area (Å²) in [6.07, 6.45) is 5.58. The maximum absolute atomic E-state index is 13.9. The Morgan fingerprint density at radius 3 is 2.55 bits per heavy atom. The zero-order valence-corrected chi connectivity index (χ0v) is 19.5. The molecule has 1 aromatic carbocycles. The van der Waals surface area contributed by atoms with E-state index in [0.29, 0.717) is 6.54 Å². The predicted octanol–water partition coefficient (Wildman–Crippen LogP) is 4.14. The summed E-state index contributed by atoms with van der Waals surface area (Å²) in [5, 5.41) is 5.25. The zero-order chi connectivity index (χ0) is 23.8. The van der Waals surface area contributed by atoms with Crippen molar-refractivity contribution in [1.82, 2.24) is 14.6 Å². The SMILES string of the molecule is NC(=O)c1c(OCc2c(F)cc(Cl)cc2F)nsc1NC(=O)NCCCCN1CCCCC1. The molecular formula is C21H26ClF2N5O3S. The molecule has 0 radical (unpaired) electrons. The summed E-state index contributed by atoms with van der Waals surface area (Å²) in [6.45, 7) is 3.22. The van der Waals surface area contributed by atoms with Crippen molar-refractivity contribution in [2.24, 2.45) is 5.73 Å². The lowest BCUT2D eigenvalue weighted by Gasteiger charge is -2.26. The number of ether oxygens (including phenoxy) is 1. The molecule has 0 atom stereocenters. The van der Waals surface area contributed by atoms with Gasteiger partial charge in [-0.05, 0) is 69.0 Å². The molecule has 0 unspecified atom stereocenters. The molecule has 0 bridgehead atoms. The van der Waals surface area contributed by atoms with Crippen molar-refractivity contribution >= 4 is 40.1 Å². The Hall–Kier alpha value is -2.50. The van der Waals surface area contributed by atoms with E-state index in [-0.39, 0.29) is 27.0 Å². The highest BCUT2D eigenvalue weighted by atomic mass is 35.5. The normalized spacial score (nSPS) is 14.2. The fourth-order valence-electron chi connectivity index (χ4n) is 3.52. The molecule has 0 spiro atoms. The van der Waals surface area contributed by atoms with Crippen LogP contribution in [0.4, 0.5) is 18.6 Å². The van der Waals surface area contributed by atoms with Crippen LogP contribution in [0.1, 0.15) is 48.0 Å². The topological polar surface area (TPSA) is 110 Å². The fraction of sp³-hybridized carbons (Fsp3) is 0.476. The Kier molecular flexibility index (Phi) is 9.21. The van der Waals surface area contributed by atoms with E-state index in [2.05, 4.69) is 19.9 Å². The summed E-state index contributed by atoms with van der Waals surface area (Å²) in [6, 6.07) is 1.38. The molecule has 2 heterocycles. The average Bonchev–Trinajstić information content (AvgIpc) is 3.16. The van der Waals surface area contributed by atoms with Crippen LogP contribution in [0.3, 0.4) is 0 Å². The van der Waals surface area contributed by atoms with E-state index >= 15 is 0 Å². The maximum Gasteiger partial charge on any atom is 0.319 e. The number of anilines is 1. The molecule has 0 saturated carbocycles. The summed E-state index contributed by atoms with van der Waals surface area (Å²) >= 11 is 6.38. The number of amides is 3. The van der Waals surface area contributed by atoms with Gasteiger partial charge in [0.1, 0.15) is 28.8 Å². The highest BCUT2D eigenvalue weighted by molar-refractivity contribution is 7.11. The van der Waals surface area contributed by atoms with Crippen LogP contribution in [0.5, 0.6) is 5.88 Å². The smallest absolute Gasteiger partial charge is 0.319 e. The van der Waals surface area contributed by atoms with Crippen molar-refractivity contribution in [3.05, 3.63) is 39.9 Å². The Morgan fingerprint density at radius 1 is 1.18 bits per heavy atom. The highest BCUT2D eigenvalue weighted by Gasteiger charge is 2.23. The van der Waals surface area contributed by atoms with E-state index in [1.165, 1.54) is 19.3 Å². The van der Waals surface area contributed by atoms with Crippen molar-refractivity contribution in [2.75, 3.05) is 31.5 Å². The van der Waals surface area contributed by atoms with Crippen molar-refractivity contribution in [1.29, 1.82) is 0 Å². The first-order valence-corrected chi connectivity index (χ1v) is 11.8. The Bertz CT molecular complexity index is 962. The predicted molar refractivity (Wildman–Crippen MR) is 123 cm³/mol. The summed E-state index contributed by atoms with van der Waals surface area (Å²) < 4.78 is 37.2. The molecule has 1 aliphatic heterocycles. The van der Waals surface area contributed by atoms with Gasteiger partial charge in [0.15, 0.2) is 0 Å². The van der Waals surface area contributed by atoms with Gasteiger partial charge in [0.2, 0.25) is 5.88 Å². The molecule has 4 N–H and O–H groups in total. The van der Waals surface area contributed by atoms with Crippen LogP contribution in [0.15, 0.2) is 12.1 Å². The number of unbranched alkanes of at least 4 members (excludes halogenated alkanes) is 1. The molecule has 1 saturated heterocycles. The highest BCUT2D eigenvalue weighted by Crippen LogP contribution is 2.31. The quantitative estimate of drug-likeness (QED) is 0.424. The number of urea groups is 1. The van der Waals surface area contributed by atoms with Crippen LogP contribution in [0.2, 0.25) is 5.02 Å². The molecular weight excluding hydrogens is 476 g/mol. The monoisotopic (exact) mass is 501 g/mol. The maximum atomic E-state index is 13.9. The third-order valence-electron chi connectivity index (χ3n) is 5.23. The summed E-state index contributed by atoms with van der Waals surface area (Å²) in [5.41, 5.74) is 4.85. The van der Waals surface area contributed by atoms with E-state index in [0.717, 1.165) is 56.1 Å². The van der Waals surface area contributed by atoms with Crippen LogP contribution in [0, 0.1) is 11.6 Å². The van der Waals surface area contributed by atoms with E-state index in [4.69, 9.17) is 22.1 Å². The Balaban J connectivity index is 1.50. The number of piperidine rings is 1. The lowest BCUT2D eigenvalue weighted by molar-refractivity contribution is 0.0996. The van der Waals surface area contributed by atoms with Gasteiger partial charge in [-0.2, -0.15) is 4.37 Å². The second kappa shape index (κ2) is 12.1. The van der Waals surface area contributed by atoms with Crippen LogP contribution < -0.4 is 21.1 Å². The lowest BCUT2D eigenvalue weighted by atomic mass is 10.1. The molecule has 12 heteroatoms. The first-order chi connectivity index (χ1) is 15.8. The number of halogens is 3. The van der Waals surface area contributed by atoms with Gasteiger partial charge in [0.25, 0.3) is 5.91 Å². The van der Waals surface area contributed by atoms with Crippen molar-refractivity contribution < 1.29 is 23.1 Å². The van der Waals surface area contributed by atoms with E-state index in [1.807, 2.05) is 0 Å². The minimum absolute atomic E-state index is 0.0837. The molecule has 3 amide bonds. The second-order valence-electron chi connectivity index (χ2n) is 7.68. The van der Waals surface area contributed by atoms with Gasteiger partial charge in [-0.3, -0.25) is 10.1 Å². The van der Waals surface area contributed by atoms with Gasteiger partial charge in [-0.1, -0.05) is 18.0 Å². The molecule has 180 valence electrons. The van der Waals surface area contributed by atoms with Crippen molar-refractivity contribution in [3.63, 3.8) is 0 Å². The number of nitrogens with zero attached hydrogens (tertiary/aromatic N) is 2. The Morgan fingerprint density at radius 2 is 1.88 bits per heavy atom. The minimum Gasteiger partial charge on any atom is -0.471 e. The summed E-state index contributed by atoms with van der Waals surface area (Å²) in [5.74, 6) is -2.91. The van der Waals surface area contributed by atoms with E-state index in [1.54, 1.807) is 0 Å². The standard InChI is InChI=1S/C21H26ClF2N5O3S/c22-13-10-15(23)14(16(24)11-13)12-32-19-17(18(25)30)20(33-28-19)27-21(31)26-6-2-5-9-29-7-3-1-4-8-29/h10-11H,1-9,12H2,(H2,25,30)(H2,26,27,31). The van der Waals surface area contributed by atoms with Crippen LogP contribution in [0.25, 0.3) is 0 Å². The molecule has 8 nitrogen and oxygen atoms in total. The van der Waals surface area contributed by atoms with Gasteiger partial charge in [-0.25, -0.2) is 13.6 Å².